The van der Waals surface area contributed by atoms with Crippen LogP contribution in [0.1, 0.15) is 24.9 Å². The van der Waals surface area contributed by atoms with Crippen LogP contribution in [-0.4, -0.2) is 12.1 Å². The van der Waals surface area contributed by atoms with E-state index < -0.39 is 7.92 Å². The maximum atomic E-state index is 12.5. The van der Waals surface area contributed by atoms with Crippen LogP contribution >= 0.6 is 7.92 Å². The van der Waals surface area contributed by atoms with Crippen molar-refractivity contribution >= 4 is 24.4 Å². The van der Waals surface area contributed by atoms with Gasteiger partial charge in [0.25, 0.3) is 0 Å². The van der Waals surface area contributed by atoms with Crippen molar-refractivity contribution in [2.45, 2.75) is 19.4 Å². The van der Waals surface area contributed by atoms with E-state index in [4.69, 9.17) is 0 Å². The second-order valence-electron chi connectivity index (χ2n) is 6.27. The van der Waals surface area contributed by atoms with Crippen LogP contribution < -0.4 is 15.9 Å². The van der Waals surface area contributed by atoms with Crippen LogP contribution in [0.25, 0.3) is 0 Å². The van der Waals surface area contributed by atoms with Gasteiger partial charge in [0.2, 0.25) is 5.91 Å². The van der Waals surface area contributed by atoms with Crippen LogP contribution in [0, 0.1) is 0 Å². The van der Waals surface area contributed by atoms with Crippen molar-refractivity contribution in [3.05, 3.63) is 96.6 Å². The van der Waals surface area contributed by atoms with E-state index in [9.17, 15) is 4.79 Å². The first-order valence-corrected chi connectivity index (χ1v) is 10.5. The van der Waals surface area contributed by atoms with Crippen molar-refractivity contribution in [2.24, 2.45) is 0 Å². The van der Waals surface area contributed by atoms with E-state index in [1.807, 2.05) is 49.4 Å². The molecule has 0 heterocycles. The van der Waals surface area contributed by atoms with Crippen molar-refractivity contribution in [3.8, 4) is 0 Å². The van der Waals surface area contributed by atoms with Gasteiger partial charge in [-0.1, -0.05) is 91.0 Å². The molecule has 1 N–H and O–H groups in total. The molecule has 0 bridgehead atoms. The van der Waals surface area contributed by atoms with Crippen LogP contribution in [0.4, 0.5) is 0 Å². The number of hydrogen-bond acceptors (Lipinski definition) is 1. The van der Waals surface area contributed by atoms with Crippen molar-refractivity contribution in [1.29, 1.82) is 0 Å². The highest BCUT2D eigenvalue weighted by molar-refractivity contribution is 7.73. The highest BCUT2D eigenvalue weighted by Crippen LogP contribution is 2.34. The van der Waals surface area contributed by atoms with Gasteiger partial charge in [-0.25, -0.2) is 0 Å². The van der Waals surface area contributed by atoms with E-state index in [-0.39, 0.29) is 11.9 Å². The molecule has 1 atom stereocenters. The molecule has 132 valence electrons. The molecule has 26 heavy (non-hydrogen) atoms. The fraction of sp³-hybridized carbons (Fsp3) is 0.174. The number of rotatable bonds is 7. The molecule has 0 aliphatic heterocycles. The molecule has 1 amide bonds. The fourth-order valence-electron chi connectivity index (χ4n) is 2.98. The second-order valence-corrected chi connectivity index (χ2v) is 8.61. The quantitative estimate of drug-likeness (QED) is 0.622. The molecule has 3 heteroatoms. The lowest BCUT2D eigenvalue weighted by Gasteiger charge is -2.19. The van der Waals surface area contributed by atoms with Gasteiger partial charge in [0.1, 0.15) is 0 Å². The summed E-state index contributed by atoms with van der Waals surface area (Å²) < 4.78 is 0. The Bertz CT molecular complexity index is 766. The second kappa shape index (κ2) is 9.31. The van der Waals surface area contributed by atoms with E-state index in [1.165, 1.54) is 10.6 Å². The molecule has 3 rings (SSSR count). The van der Waals surface area contributed by atoms with Crippen molar-refractivity contribution in [1.82, 2.24) is 5.32 Å². The van der Waals surface area contributed by atoms with Crippen LogP contribution in [0.3, 0.4) is 0 Å². The summed E-state index contributed by atoms with van der Waals surface area (Å²) in [4.78, 5) is 12.5. The Morgan fingerprint density at radius 3 is 1.77 bits per heavy atom. The molecule has 0 aromatic heterocycles. The molecular formula is C23H24NOP. The van der Waals surface area contributed by atoms with E-state index in [2.05, 4.69) is 53.8 Å². The molecule has 0 spiro atoms. The first-order chi connectivity index (χ1) is 12.7. The Labute approximate surface area is 157 Å². The molecule has 3 aromatic rings. The van der Waals surface area contributed by atoms with Crippen molar-refractivity contribution in [2.75, 3.05) is 6.16 Å². The number of nitrogens with one attached hydrogen (secondary N) is 1. The topological polar surface area (TPSA) is 29.1 Å². The first-order valence-electron chi connectivity index (χ1n) is 8.96. The van der Waals surface area contributed by atoms with E-state index in [1.54, 1.807) is 0 Å². The van der Waals surface area contributed by atoms with Gasteiger partial charge in [0.05, 0.1) is 6.04 Å². The summed E-state index contributed by atoms with van der Waals surface area (Å²) in [7, 11) is -0.523. The third-order valence-electron chi connectivity index (χ3n) is 4.38. The van der Waals surface area contributed by atoms with Gasteiger partial charge >= 0.3 is 0 Å². The minimum absolute atomic E-state index is 0.0309. The van der Waals surface area contributed by atoms with Gasteiger partial charge < -0.3 is 5.32 Å². The Morgan fingerprint density at radius 2 is 1.27 bits per heavy atom. The van der Waals surface area contributed by atoms with Crippen LogP contribution in [0.15, 0.2) is 91.0 Å². The Morgan fingerprint density at radius 1 is 0.808 bits per heavy atom. The average Bonchev–Trinajstić information content (AvgIpc) is 2.70. The summed E-state index contributed by atoms with van der Waals surface area (Å²) in [5, 5.41) is 5.76. The molecule has 0 unspecified atom stereocenters. The van der Waals surface area contributed by atoms with Gasteiger partial charge in [-0.2, -0.15) is 0 Å². The maximum absolute atomic E-state index is 12.5. The molecular weight excluding hydrogens is 337 g/mol. The molecule has 0 aliphatic carbocycles. The standard InChI is InChI=1S/C23H24NOP/c1-19(20-11-5-2-6-12-20)24-23(25)17-18-26(21-13-7-3-8-14-21)22-15-9-4-10-16-22/h2-16,19H,17-18H2,1H3,(H,24,25)/t19-/m1/s1. The smallest absolute Gasteiger partial charge is 0.220 e. The number of benzene rings is 3. The lowest BCUT2D eigenvalue weighted by atomic mass is 10.1. The Hall–Kier alpha value is -2.44. The third kappa shape index (κ3) is 5.03. The summed E-state index contributed by atoms with van der Waals surface area (Å²) in [6.45, 7) is 2.03. The molecule has 2 nitrogen and oxygen atoms in total. The van der Waals surface area contributed by atoms with Gasteiger partial charge in [-0.15, -0.1) is 0 Å². The van der Waals surface area contributed by atoms with E-state index in [0.29, 0.717) is 6.42 Å². The number of amides is 1. The lowest BCUT2D eigenvalue weighted by molar-refractivity contribution is -0.121. The summed E-state index contributed by atoms with van der Waals surface area (Å²) in [5.74, 6) is 0.112. The molecule has 0 radical (unpaired) electrons. The summed E-state index contributed by atoms with van der Waals surface area (Å²) in [6.07, 6.45) is 1.39. The lowest BCUT2D eigenvalue weighted by Crippen LogP contribution is -2.28. The molecule has 3 aromatic carbocycles. The zero-order valence-electron chi connectivity index (χ0n) is 15.0. The molecule has 0 aliphatic rings. The molecule has 0 fully saturated rings. The predicted molar refractivity (Wildman–Crippen MR) is 112 cm³/mol. The number of carbonyl (C=O) groups excluding carboxylic acids is 1. The molecule has 0 saturated carbocycles. The Balaban J connectivity index is 1.65. The minimum atomic E-state index is -0.523. The third-order valence-corrected chi connectivity index (χ3v) is 6.89. The predicted octanol–water partition coefficient (Wildman–Crippen LogP) is 4.39. The zero-order valence-corrected chi connectivity index (χ0v) is 15.9. The first kappa shape index (κ1) is 18.4. The number of hydrogen-bond donors (Lipinski definition) is 1. The maximum Gasteiger partial charge on any atom is 0.220 e. The summed E-state index contributed by atoms with van der Waals surface area (Å²) in [6, 6.07) is 31.2. The monoisotopic (exact) mass is 361 g/mol. The fourth-order valence-corrected chi connectivity index (χ4v) is 5.28. The highest BCUT2D eigenvalue weighted by atomic mass is 31.1. The van der Waals surface area contributed by atoms with Crippen molar-refractivity contribution < 1.29 is 4.79 Å². The van der Waals surface area contributed by atoms with Gasteiger partial charge in [0, 0.05) is 6.42 Å². The SMILES string of the molecule is C[C@@H](NC(=O)CCP(c1ccccc1)c1ccccc1)c1ccccc1. The van der Waals surface area contributed by atoms with Gasteiger partial charge in [-0.05, 0) is 37.2 Å². The summed E-state index contributed by atoms with van der Waals surface area (Å²) >= 11 is 0. The van der Waals surface area contributed by atoms with Gasteiger partial charge in [-0.3, -0.25) is 4.79 Å². The molecule has 0 saturated heterocycles. The largest absolute Gasteiger partial charge is 0.350 e. The highest BCUT2D eigenvalue weighted by Gasteiger charge is 2.16. The Kier molecular flexibility index (Phi) is 6.57. The van der Waals surface area contributed by atoms with Crippen molar-refractivity contribution in [3.63, 3.8) is 0 Å². The van der Waals surface area contributed by atoms with E-state index in [0.717, 1.165) is 11.7 Å². The summed E-state index contributed by atoms with van der Waals surface area (Å²) in [5.41, 5.74) is 1.13. The number of carbonyl (C=O) groups is 1. The van der Waals surface area contributed by atoms with Crippen LogP contribution in [-0.2, 0) is 4.79 Å². The minimum Gasteiger partial charge on any atom is -0.350 e. The van der Waals surface area contributed by atoms with Crippen LogP contribution in [0.5, 0.6) is 0 Å². The average molecular weight is 361 g/mol. The zero-order chi connectivity index (χ0) is 18.2. The normalized spacial score (nSPS) is 11.9. The van der Waals surface area contributed by atoms with E-state index >= 15 is 0 Å². The van der Waals surface area contributed by atoms with Gasteiger partial charge in [0.15, 0.2) is 0 Å². The van der Waals surface area contributed by atoms with Crippen LogP contribution in [0.2, 0.25) is 0 Å².